The molecule has 4 aromatic carbocycles. The van der Waals surface area contributed by atoms with Gasteiger partial charge in [0.05, 0.1) is 17.3 Å². The number of benzene rings is 4. The molecule has 2 atom stereocenters. The highest BCUT2D eigenvalue weighted by molar-refractivity contribution is 6.30. The van der Waals surface area contributed by atoms with E-state index in [1.54, 1.807) is 31.3 Å². The molecule has 200 valence electrons. The van der Waals surface area contributed by atoms with Gasteiger partial charge < -0.3 is 10.2 Å². The first-order valence-electron chi connectivity index (χ1n) is 12.7. The van der Waals surface area contributed by atoms with Crippen molar-refractivity contribution >= 4 is 40.6 Å². The first-order valence-corrected chi connectivity index (χ1v) is 13.0. The van der Waals surface area contributed by atoms with E-state index in [-0.39, 0.29) is 12.2 Å². The van der Waals surface area contributed by atoms with Crippen LogP contribution in [0.2, 0.25) is 5.02 Å². The van der Waals surface area contributed by atoms with Crippen molar-refractivity contribution < 1.29 is 18.8 Å². The molecule has 8 heteroatoms. The van der Waals surface area contributed by atoms with Crippen molar-refractivity contribution in [3.8, 4) is 0 Å². The number of fused-ring (bicyclic) bond motifs is 1. The number of Topliss-reactive ketones (excluding diaryl/α,β-unsaturated/α-hetero) is 1. The molecule has 0 aromatic heterocycles. The van der Waals surface area contributed by atoms with Crippen molar-refractivity contribution in [3.63, 3.8) is 0 Å². The van der Waals surface area contributed by atoms with E-state index in [0.717, 1.165) is 11.1 Å². The number of nitrogens with zero attached hydrogens (tertiary/aromatic N) is 2. The van der Waals surface area contributed by atoms with Crippen molar-refractivity contribution in [1.82, 2.24) is 5.32 Å². The Balaban J connectivity index is 1.50. The van der Waals surface area contributed by atoms with Gasteiger partial charge in [0.15, 0.2) is 5.78 Å². The van der Waals surface area contributed by atoms with Gasteiger partial charge in [0.25, 0.3) is 5.91 Å². The Labute approximate surface area is 236 Å². The van der Waals surface area contributed by atoms with Crippen LogP contribution in [0.15, 0.2) is 108 Å². The Hall–Kier alpha value is -4.62. The number of likely N-dealkylation sites (N-methyl/N-ethyl adjacent to an activating group) is 1. The van der Waals surface area contributed by atoms with Crippen molar-refractivity contribution in [2.45, 2.75) is 18.5 Å². The lowest BCUT2D eigenvalue weighted by Gasteiger charge is -2.23. The first-order chi connectivity index (χ1) is 19.3. The van der Waals surface area contributed by atoms with Gasteiger partial charge in [-0.3, -0.25) is 14.4 Å². The van der Waals surface area contributed by atoms with Gasteiger partial charge in [-0.15, -0.1) is 0 Å². The van der Waals surface area contributed by atoms with E-state index in [9.17, 15) is 18.8 Å². The third-order valence-corrected chi connectivity index (χ3v) is 7.07. The van der Waals surface area contributed by atoms with E-state index in [2.05, 4.69) is 5.32 Å². The maximum Gasteiger partial charge on any atom is 0.272 e. The normalized spacial score (nSPS) is 15.5. The summed E-state index contributed by atoms with van der Waals surface area (Å²) in [5, 5.41) is 3.25. The summed E-state index contributed by atoms with van der Waals surface area (Å²) in [5.41, 5.74) is 3.55. The molecule has 1 aliphatic rings. The van der Waals surface area contributed by atoms with E-state index in [1.165, 1.54) is 29.2 Å². The SMILES string of the molecule is CN1C(=O)[C@@H](NC(=O)C(CC(=O)c2ccc(Cl)cc2)c2ccc(F)cc2)N=C(c2ccccc2)c2ccccc21. The predicted octanol–water partition coefficient (Wildman–Crippen LogP) is 5.79. The third-order valence-electron chi connectivity index (χ3n) is 6.81. The fourth-order valence-corrected chi connectivity index (χ4v) is 4.80. The molecule has 0 aliphatic carbocycles. The lowest BCUT2D eigenvalue weighted by Crippen LogP contribution is -2.47. The smallest absolute Gasteiger partial charge is 0.272 e. The monoisotopic (exact) mass is 553 g/mol. The van der Waals surface area contributed by atoms with Crippen LogP contribution < -0.4 is 10.2 Å². The Kier molecular flexibility index (Phi) is 7.84. The standard InChI is InChI=1S/C32H25ClFN3O3/c1-37-27-10-6-5-9-25(27)29(22-7-3-2-4-8-22)35-30(32(37)40)36-31(39)26(20-13-17-24(34)18-14-20)19-28(38)21-11-15-23(33)16-12-21/h2-18,26,30H,19H2,1H3,(H,36,39)/t26?,30-/m1/s1. The summed E-state index contributed by atoms with van der Waals surface area (Å²) in [6.07, 6.45) is -1.46. The summed E-state index contributed by atoms with van der Waals surface area (Å²) < 4.78 is 13.7. The molecule has 0 fully saturated rings. The highest BCUT2D eigenvalue weighted by Crippen LogP contribution is 2.28. The highest BCUT2D eigenvalue weighted by Gasteiger charge is 2.33. The van der Waals surface area contributed by atoms with Crippen molar-refractivity contribution in [3.05, 3.63) is 136 Å². The van der Waals surface area contributed by atoms with Gasteiger partial charge in [0.2, 0.25) is 12.1 Å². The molecule has 0 spiro atoms. The molecule has 1 unspecified atom stereocenters. The molecule has 4 aromatic rings. The summed E-state index contributed by atoms with van der Waals surface area (Å²) in [6, 6.07) is 28.5. The number of halogens is 2. The number of para-hydroxylation sites is 1. The van der Waals surface area contributed by atoms with E-state index >= 15 is 0 Å². The molecule has 0 bridgehead atoms. The van der Waals surface area contributed by atoms with Gasteiger partial charge in [-0.1, -0.05) is 72.3 Å². The molecule has 2 amide bonds. The fourth-order valence-electron chi connectivity index (χ4n) is 4.67. The van der Waals surface area contributed by atoms with Crippen molar-refractivity contribution in [1.29, 1.82) is 0 Å². The van der Waals surface area contributed by atoms with Gasteiger partial charge in [-0.25, -0.2) is 9.38 Å². The Morgan fingerprint density at radius 2 is 1.57 bits per heavy atom. The van der Waals surface area contributed by atoms with E-state index in [1.807, 2.05) is 54.6 Å². The van der Waals surface area contributed by atoms with Gasteiger partial charge in [-0.2, -0.15) is 0 Å². The van der Waals surface area contributed by atoms with Gasteiger partial charge in [-0.05, 0) is 48.0 Å². The van der Waals surface area contributed by atoms with Gasteiger partial charge >= 0.3 is 0 Å². The zero-order valence-electron chi connectivity index (χ0n) is 21.6. The maximum absolute atomic E-state index is 13.8. The Morgan fingerprint density at radius 1 is 0.925 bits per heavy atom. The number of anilines is 1. The van der Waals surface area contributed by atoms with Gasteiger partial charge in [0.1, 0.15) is 5.82 Å². The number of ketones is 1. The summed E-state index contributed by atoms with van der Waals surface area (Å²) in [4.78, 5) is 46.7. The van der Waals surface area contributed by atoms with Crippen LogP contribution in [-0.4, -0.2) is 36.5 Å². The summed E-state index contributed by atoms with van der Waals surface area (Å²) >= 11 is 5.96. The number of rotatable bonds is 7. The minimum Gasteiger partial charge on any atom is -0.326 e. The third kappa shape index (κ3) is 5.70. The summed E-state index contributed by atoms with van der Waals surface area (Å²) in [6.45, 7) is 0. The fraction of sp³-hybridized carbons (Fsp3) is 0.125. The lowest BCUT2D eigenvalue weighted by atomic mass is 9.90. The second-order valence-corrected chi connectivity index (χ2v) is 9.84. The molecule has 1 heterocycles. The van der Waals surface area contributed by atoms with E-state index in [4.69, 9.17) is 16.6 Å². The highest BCUT2D eigenvalue weighted by atomic mass is 35.5. The van der Waals surface area contributed by atoms with Crippen molar-refractivity contribution in [2.24, 2.45) is 4.99 Å². The minimum atomic E-state index is -1.26. The van der Waals surface area contributed by atoms with Crippen molar-refractivity contribution in [2.75, 3.05) is 11.9 Å². The van der Waals surface area contributed by atoms with Crippen LogP contribution >= 0.6 is 11.6 Å². The number of carbonyl (C=O) groups is 3. The molecule has 5 rings (SSSR count). The molecule has 6 nitrogen and oxygen atoms in total. The molecular formula is C32H25ClFN3O3. The largest absolute Gasteiger partial charge is 0.326 e. The Morgan fingerprint density at radius 3 is 2.27 bits per heavy atom. The molecule has 1 N–H and O–H groups in total. The second-order valence-electron chi connectivity index (χ2n) is 9.41. The van der Waals surface area contributed by atoms with Crippen LogP contribution in [0, 0.1) is 5.82 Å². The molecule has 0 saturated heterocycles. The summed E-state index contributed by atoms with van der Waals surface area (Å²) in [5.74, 6) is -2.78. The second kappa shape index (κ2) is 11.6. The number of aliphatic imine (C=N–C) groups is 1. The average Bonchev–Trinajstić information content (AvgIpc) is 3.08. The number of carbonyl (C=O) groups excluding carboxylic acids is 3. The topological polar surface area (TPSA) is 78.8 Å². The van der Waals surface area contributed by atoms with Crippen LogP contribution in [0.5, 0.6) is 0 Å². The van der Waals surface area contributed by atoms with Crippen LogP contribution in [0.4, 0.5) is 10.1 Å². The van der Waals surface area contributed by atoms with Crippen LogP contribution in [-0.2, 0) is 9.59 Å². The molecule has 0 saturated carbocycles. The van der Waals surface area contributed by atoms with E-state index in [0.29, 0.717) is 27.5 Å². The Bertz CT molecular complexity index is 1590. The molecule has 1 aliphatic heterocycles. The van der Waals surface area contributed by atoms with Gasteiger partial charge in [0, 0.05) is 35.2 Å². The predicted molar refractivity (Wildman–Crippen MR) is 153 cm³/mol. The lowest BCUT2D eigenvalue weighted by molar-refractivity contribution is -0.128. The maximum atomic E-state index is 13.8. The minimum absolute atomic E-state index is 0.203. The van der Waals surface area contributed by atoms with Crippen LogP contribution in [0.25, 0.3) is 0 Å². The summed E-state index contributed by atoms with van der Waals surface area (Å²) in [7, 11) is 1.63. The molecule has 0 radical (unpaired) electrons. The van der Waals surface area contributed by atoms with E-state index < -0.39 is 29.7 Å². The number of hydrogen-bond donors (Lipinski definition) is 1. The number of nitrogens with one attached hydrogen (secondary N) is 1. The number of hydrogen-bond acceptors (Lipinski definition) is 4. The average molecular weight is 554 g/mol. The quantitative estimate of drug-likeness (QED) is 0.294. The number of amides is 2. The molecular weight excluding hydrogens is 529 g/mol. The van der Waals surface area contributed by atoms with Crippen LogP contribution in [0.1, 0.15) is 39.4 Å². The first kappa shape index (κ1) is 27.0. The zero-order valence-corrected chi connectivity index (χ0v) is 22.3. The zero-order chi connectivity index (χ0) is 28.2. The number of benzodiazepines with no additional fused rings is 1. The van der Waals surface area contributed by atoms with Crippen LogP contribution in [0.3, 0.4) is 0 Å². The molecule has 40 heavy (non-hydrogen) atoms.